The predicted octanol–water partition coefficient (Wildman–Crippen LogP) is 12.7. The molecule has 0 spiro atoms. The van der Waals surface area contributed by atoms with Crippen LogP contribution in [0.25, 0.3) is 32.8 Å². The van der Waals surface area contributed by atoms with E-state index in [1.807, 2.05) is 34.6 Å². The summed E-state index contributed by atoms with van der Waals surface area (Å²) in [7, 11) is 0. The fourth-order valence-electron chi connectivity index (χ4n) is 6.57. The minimum atomic E-state index is -0.278. The minimum Gasteiger partial charge on any atom is -0.512 e. The molecule has 47 heavy (non-hydrogen) atoms. The van der Waals surface area contributed by atoms with Crippen LogP contribution in [-0.2, 0) is 31.3 Å². The average molecular weight is 831 g/mol. The van der Waals surface area contributed by atoms with Crippen LogP contribution in [0.2, 0.25) is 0 Å². The number of ketones is 1. The molecule has 3 aromatic carbocycles. The smallest absolute Gasteiger partial charge is 0.165 e. The molecule has 1 radical (unpaired) electrons. The zero-order chi connectivity index (χ0) is 35.6. The van der Waals surface area contributed by atoms with Crippen LogP contribution in [0.3, 0.4) is 0 Å². The summed E-state index contributed by atoms with van der Waals surface area (Å²) in [6, 6.07) is 16.6. The van der Waals surface area contributed by atoms with Crippen molar-refractivity contribution in [2.75, 3.05) is 0 Å². The fraction of sp³-hybridized carbons (Fsp3) is 0.476. The predicted molar refractivity (Wildman–Crippen MR) is 198 cm³/mol. The van der Waals surface area contributed by atoms with Gasteiger partial charge < -0.3 is 5.11 Å². The Balaban J connectivity index is 0.000000312. The van der Waals surface area contributed by atoms with Gasteiger partial charge in [0.05, 0.1) is 8.50 Å². The number of aliphatic hydroxyl groups excluding tert-OH is 1. The number of fused-ring (bicyclic) bond motifs is 3. The van der Waals surface area contributed by atoms with E-state index in [0.717, 1.165) is 70.8 Å². The maximum Gasteiger partial charge on any atom is 0.165 e. The Kier molecular flexibility index (Phi) is 12.4. The molecule has 1 aromatic heterocycles. The molecule has 255 valence electrons. The third kappa shape index (κ3) is 8.41. The van der Waals surface area contributed by atoms with E-state index in [1.54, 1.807) is 11.8 Å². The topological polar surface area (TPSA) is 50.2 Å². The number of aromatic nitrogens is 1. The number of pyridine rings is 1. The quantitative estimate of drug-likeness (QED) is 0.0865. The van der Waals surface area contributed by atoms with Gasteiger partial charge in [0.15, 0.2) is 5.78 Å². The Hall–Kier alpha value is -2.46. The zero-order valence-corrected chi connectivity index (χ0v) is 33.2. The normalized spacial score (nSPS) is 13.6. The monoisotopic (exact) mass is 831 g/mol. The summed E-state index contributed by atoms with van der Waals surface area (Å²) < 4.78 is 16.9. The van der Waals surface area contributed by atoms with Gasteiger partial charge in [-0.3, -0.25) is 9.78 Å². The molecule has 0 atom stereocenters. The third-order valence-electron chi connectivity index (χ3n) is 9.79. The molecular weight excluding hydrogens is 775 g/mol. The number of carbonyl (C=O) groups is 1. The van der Waals surface area contributed by atoms with Gasteiger partial charge in [0, 0.05) is 54.3 Å². The molecule has 1 aliphatic heterocycles. The molecule has 0 unspecified atom stereocenters. The van der Waals surface area contributed by atoms with E-state index in [4.69, 9.17) is 2.74 Å². The van der Waals surface area contributed by atoms with Crippen molar-refractivity contribution in [2.45, 2.75) is 123 Å². The second-order valence-corrected chi connectivity index (χ2v) is 15.3. The van der Waals surface area contributed by atoms with Crippen molar-refractivity contribution in [1.82, 2.24) is 4.98 Å². The molecule has 1 N–H and O–H groups in total. The molecule has 0 amide bonds. The van der Waals surface area contributed by atoms with E-state index in [9.17, 15) is 9.90 Å². The van der Waals surface area contributed by atoms with Crippen molar-refractivity contribution < 1.29 is 32.7 Å². The van der Waals surface area contributed by atoms with Crippen LogP contribution in [0, 0.1) is 22.8 Å². The summed E-state index contributed by atoms with van der Waals surface area (Å²) in [5.41, 5.74) is 4.17. The van der Waals surface area contributed by atoms with Gasteiger partial charge in [0.1, 0.15) is 0 Å². The second-order valence-electron chi connectivity index (χ2n) is 14.3. The molecule has 5 rings (SSSR count). The third-order valence-corrected chi connectivity index (χ3v) is 11.0. The maximum absolute atomic E-state index is 12.3. The molecule has 3 nitrogen and oxygen atoms in total. The number of benzene rings is 3. The first-order valence-electron chi connectivity index (χ1n) is 18.2. The number of aliphatic hydroxyl groups is 1. The van der Waals surface area contributed by atoms with E-state index in [-0.39, 0.29) is 60.6 Å². The van der Waals surface area contributed by atoms with Crippen molar-refractivity contribution in [2.24, 2.45) is 16.7 Å². The van der Waals surface area contributed by atoms with Gasteiger partial charge in [-0.05, 0) is 83.2 Å². The van der Waals surface area contributed by atoms with Gasteiger partial charge in [0.25, 0.3) is 0 Å². The van der Waals surface area contributed by atoms with Crippen molar-refractivity contribution in [3.05, 3.63) is 77.6 Å². The van der Waals surface area contributed by atoms with Crippen LogP contribution in [0.4, 0.5) is 0 Å². The van der Waals surface area contributed by atoms with Gasteiger partial charge in [-0.25, -0.2) is 0 Å². The second kappa shape index (κ2) is 16.3. The average Bonchev–Trinajstić information content (AvgIpc) is 3.04. The summed E-state index contributed by atoms with van der Waals surface area (Å²) in [5, 5.41) is 14.1. The van der Waals surface area contributed by atoms with E-state index < -0.39 is 0 Å². The first-order chi connectivity index (χ1) is 22.6. The SMILES string of the molecule is CCC(CC)/C(O)=C/C(=O)C(CC)(CC)CC.[2H]c1nc2c3c(cc(C(C)C)cc3c1[2H])Sc1c-2[c-]c2ccccc2c1CC(C)(C)C.[Ir]. The Morgan fingerprint density at radius 3 is 2.26 bits per heavy atom. The molecule has 4 aromatic rings. The van der Waals surface area contributed by atoms with E-state index in [1.165, 1.54) is 27.5 Å². The van der Waals surface area contributed by atoms with Gasteiger partial charge in [-0.15, -0.1) is 29.3 Å². The Morgan fingerprint density at radius 1 is 1.04 bits per heavy atom. The summed E-state index contributed by atoms with van der Waals surface area (Å²) in [5.74, 6) is 0.835. The largest absolute Gasteiger partial charge is 0.512 e. The van der Waals surface area contributed by atoms with Crippen molar-refractivity contribution in [3.8, 4) is 11.3 Å². The van der Waals surface area contributed by atoms with Gasteiger partial charge >= 0.3 is 0 Å². The van der Waals surface area contributed by atoms with E-state index in [0.29, 0.717) is 5.92 Å². The molecule has 0 saturated heterocycles. The van der Waals surface area contributed by atoms with Crippen LogP contribution in [0.15, 0.2) is 70.2 Å². The maximum atomic E-state index is 12.3. The number of allylic oxidation sites excluding steroid dienone is 2. The number of nitrogens with zero attached hydrogens (tertiary/aromatic N) is 1. The Morgan fingerprint density at radius 2 is 1.68 bits per heavy atom. The molecule has 0 aliphatic carbocycles. The summed E-state index contributed by atoms with van der Waals surface area (Å²) in [6.45, 7) is 21.4. The first kappa shape index (κ1) is 35.8. The zero-order valence-electron chi connectivity index (χ0n) is 32.0. The van der Waals surface area contributed by atoms with Crippen molar-refractivity contribution >= 4 is 39.1 Å². The molecule has 5 heteroatoms. The number of rotatable bonds is 10. The van der Waals surface area contributed by atoms with E-state index >= 15 is 0 Å². The van der Waals surface area contributed by atoms with Gasteiger partial charge in [-0.2, -0.15) is 0 Å². The molecule has 1 aliphatic rings. The fourth-order valence-corrected chi connectivity index (χ4v) is 7.85. The van der Waals surface area contributed by atoms with Crippen molar-refractivity contribution in [3.63, 3.8) is 0 Å². The summed E-state index contributed by atoms with van der Waals surface area (Å²) in [4.78, 5) is 19.2. The van der Waals surface area contributed by atoms with Crippen LogP contribution in [0.5, 0.6) is 0 Å². The van der Waals surface area contributed by atoms with Crippen LogP contribution >= 0.6 is 11.8 Å². The number of hydrogen-bond donors (Lipinski definition) is 1. The van der Waals surface area contributed by atoms with Crippen LogP contribution in [0.1, 0.15) is 121 Å². The molecule has 0 bridgehead atoms. The molecule has 0 fully saturated rings. The van der Waals surface area contributed by atoms with E-state index in [2.05, 4.69) is 82.1 Å². The summed E-state index contributed by atoms with van der Waals surface area (Å²) >= 11 is 1.79. The molecular formula is C42H54IrNO2S-. The first-order valence-corrected chi connectivity index (χ1v) is 18.0. The standard InChI is InChI=1S/C27H26NS.C15H28O2.Ir/c1-16(2)19-12-18-10-11-28-25-21-13-17-8-6-7-9-20(17)22(15-27(3,4)5)26(21)29-23(14-19)24(18)25;1-6-12(7-2)13(16)11-14(17)15(8-3,9-4)10-5;/h6-12,14,16H,15H2,1-5H3;11-12,16H,6-10H2,1-5H3;/q-1;;/b;13-11-;/i10D,11D;;. The summed E-state index contributed by atoms with van der Waals surface area (Å²) in [6.07, 6.45) is 6.74. The molecule has 2 heterocycles. The Labute approximate surface area is 304 Å². The van der Waals surface area contributed by atoms with Crippen LogP contribution < -0.4 is 0 Å². The number of carbonyl (C=O) groups excluding carboxylic acids is 1. The minimum absolute atomic E-state index is 0. The molecule has 0 saturated carbocycles. The van der Waals surface area contributed by atoms with Gasteiger partial charge in [-0.1, -0.05) is 110 Å². The Bertz CT molecular complexity index is 1830. The van der Waals surface area contributed by atoms with Crippen molar-refractivity contribution in [1.29, 1.82) is 0 Å². The van der Waals surface area contributed by atoms with Gasteiger partial charge in [0.2, 0.25) is 0 Å². The van der Waals surface area contributed by atoms with Crippen LogP contribution in [-0.4, -0.2) is 15.9 Å². The number of hydrogen-bond acceptors (Lipinski definition) is 4.